The second-order valence-electron chi connectivity index (χ2n) is 4.56. The van der Waals surface area contributed by atoms with Crippen LogP contribution in [0, 0.1) is 13.8 Å². The van der Waals surface area contributed by atoms with Gasteiger partial charge in [0.05, 0.1) is 6.10 Å². The Balaban J connectivity index is 2.05. The van der Waals surface area contributed by atoms with Crippen molar-refractivity contribution in [3.63, 3.8) is 0 Å². The van der Waals surface area contributed by atoms with Gasteiger partial charge in [0.1, 0.15) is 0 Å². The Kier molecular flexibility index (Phi) is 3.39. The third-order valence-electron chi connectivity index (χ3n) is 3.27. The summed E-state index contributed by atoms with van der Waals surface area (Å²) in [6.45, 7) is 4.91. The second kappa shape index (κ2) is 4.79. The van der Waals surface area contributed by atoms with Gasteiger partial charge in [-0.1, -0.05) is 12.1 Å². The van der Waals surface area contributed by atoms with E-state index in [9.17, 15) is 4.79 Å². The highest BCUT2D eigenvalue weighted by Gasteiger charge is 2.19. The first-order chi connectivity index (χ1) is 7.66. The van der Waals surface area contributed by atoms with E-state index >= 15 is 0 Å². The number of carbonyl (C=O) groups is 1. The predicted molar refractivity (Wildman–Crippen MR) is 63.8 cm³/mol. The van der Waals surface area contributed by atoms with Gasteiger partial charge in [0.25, 0.3) is 0 Å². The van der Waals surface area contributed by atoms with Gasteiger partial charge in [-0.05, 0) is 43.9 Å². The summed E-state index contributed by atoms with van der Waals surface area (Å²) in [5, 5.41) is 0. The van der Waals surface area contributed by atoms with E-state index in [-0.39, 0.29) is 11.9 Å². The van der Waals surface area contributed by atoms with E-state index in [0.717, 1.165) is 25.0 Å². The van der Waals surface area contributed by atoms with Gasteiger partial charge in [-0.25, -0.2) is 0 Å². The van der Waals surface area contributed by atoms with Crippen LogP contribution >= 0.6 is 0 Å². The molecule has 1 heterocycles. The quantitative estimate of drug-likeness (QED) is 0.729. The molecule has 16 heavy (non-hydrogen) atoms. The Labute approximate surface area is 96.6 Å². The first-order valence-corrected chi connectivity index (χ1v) is 5.89. The number of benzene rings is 1. The standard InChI is InChI=1S/C14H18O2/c1-10-5-6-12(8-11(10)2)14(15)9-13-4-3-7-16-13/h5-6,8,13H,3-4,7,9H2,1-2H3. The fourth-order valence-corrected chi connectivity index (χ4v) is 2.04. The van der Waals surface area contributed by atoms with E-state index in [0.29, 0.717) is 6.42 Å². The Hall–Kier alpha value is -1.15. The van der Waals surface area contributed by atoms with Crippen LogP contribution in [0.4, 0.5) is 0 Å². The summed E-state index contributed by atoms with van der Waals surface area (Å²) in [4.78, 5) is 12.0. The molecule has 0 amide bonds. The topological polar surface area (TPSA) is 26.3 Å². The highest BCUT2D eigenvalue weighted by molar-refractivity contribution is 5.96. The van der Waals surface area contributed by atoms with Gasteiger partial charge in [-0.15, -0.1) is 0 Å². The summed E-state index contributed by atoms with van der Waals surface area (Å²) >= 11 is 0. The second-order valence-corrected chi connectivity index (χ2v) is 4.56. The zero-order valence-corrected chi connectivity index (χ0v) is 9.95. The molecule has 1 saturated heterocycles. The highest BCUT2D eigenvalue weighted by atomic mass is 16.5. The largest absolute Gasteiger partial charge is 0.378 e. The molecule has 1 aromatic carbocycles. The summed E-state index contributed by atoms with van der Waals surface area (Å²) in [6.07, 6.45) is 2.79. The van der Waals surface area contributed by atoms with Crippen molar-refractivity contribution in [1.29, 1.82) is 0 Å². The number of carbonyl (C=O) groups excluding carboxylic acids is 1. The van der Waals surface area contributed by atoms with Gasteiger partial charge in [0, 0.05) is 18.6 Å². The van der Waals surface area contributed by atoms with Crippen LogP contribution in [0.5, 0.6) is 0 Å². The van der Waals surface area contributed by atoms with Crippen LogP contribution in [-0.2, 0) is 4.74 Å². The van der Waals surface area contributed by atoms with Crippen molar-refractivity contribution in [2.24, 2.45) is 0 Å². The third kappa shape index (κ3) is 2.50. The molecular weight excluding hydrogens is 200 g/mol. The van der Waals surface area contributed by atoms with Crippen molar-refractivity contribution >= 4 is 5.78 Å². The summed E-state index contributed by atoms with van der Waals surface area (Å²) in [7, 11) is 0. The molecule has 0 radical (unpaired) electrons. The van der Waals surface area contributed by atoms with Gasteiger partial charge < -0.3 is 4.74 Å². The molecule has 1 aliphatic rings. The van der Waals surface area contributed by atoms with Crippen molar-refractivity contribution < 1.29 is 9.53 Å². The molecule has 1 atom stereocenters. The average molecular weight is 218 g/mol. The fraction of sp³-hybridized carbons (Fsp3) is 0.500. The van der Waals surface area contributed by atoms with Crippen LogP contribution in [0.25, 0.3) is 0 Å². The van der Waals surface area contributed by atoms with Gasteiger partial charge in [0.15, 0.2) is 5.78 Å². The molecule has 1 fully saturated rings. The molecule has 1 unspecified atom stereocenters. The van der Waals surface area contributed by atoms with E-state index in [1.54, 1.807) is 0 Å². The first kappa shape index (κ1) is 11.3. The van der Waals surface area contributed by atoms with Crippen molar-refractivity contribution in [3.8, 4) is 0 Å². The van der Waals surface area contributed by atoms with Gasteiger partial charge in [0.2, 0.25) is 0 Å². The zero-order chi connectivity index (χ0) is 11.5. The molecule has 1 aromatic rings. The molecule has 0 aromatic heterocycles. The summed E-state index contributed by atoms with van der Waals surface area (Å²) < 4.78 is 5.48. The first-order valence-electron chi connectivity index (χ1n) is 5.89. The Bertz CT molecular complexity index is 390. The maximum Gasteiger partial charge on any atom is 0.165 e. The van der Waals surface area contributed by atoms with Crippen molar-refractivity contribution in [3.05, 3.63) is 34.9 Å². The highest BCUT2D eigenvalue weighted by Crippen LogP contribution is 2.19. The number of rotatable bonds is 3. The summed E-state index contributed by atoms with van der Waals surface area (Å²) in [5.41, 5.74) is 3.23. The lowest BCUT2D eigenvalue weighted by molar-refractivity contribution is 0.0775. The minimum Gasteiger partial charge on any atom is -0.378 e. The summed E-state index contributed by atoms with van der Waals surface area (Å²) in [5.74, 6) is 0.204. The van der Waals surface area contributed by atoms with Crippen LogP contribution < -0.4 is 0 Å². The van der Waals surface area contributed by atoms with E-state index in [2.05, 4.69) is 6.92 Å². The SMILES string of the molecule is Cc1ccc(C(=O)CC2CCCO2)cc1C. The number of aryl methyl sites for hydroxylation is 2. The molecule has 86 valence electrons. The maximum absolute atomic E-state index is 12.0. The van der Waals surface area contributed by atoms with Crippen LogP contribution in [0.3, 0.4) is 0 Å². The predicted octanol–water partition coefficient (Wildman–Crippen LogP) is 3.06. The number of hydrogen-bond acceptors (Lipinski definition) is 2. The normalized spacial score (nSPS) is 20.0. The molecule has 2 nitrogen and oxygen atoms in total. The minimum atomic E-state index is 0.147. The lowest BCUT2D eigenvalue weighted by Crippen LogP contribution is -2.12. The Morgan fingerprint density at radius 3 is 2.81 bits per heavy atom. The fourth-order valence-electron chi connectivity index (χ4n) is 2.04. The lowest BCUT2D eigenvalue weighted by atomic mass is 10.00. The molecule has 0 spiro atoms. The monoisotopic (exact) mass is 218 g/mol. The van der Waals surface area contributed by atoms with E-state index in [1.165, 1.54) is 11.1 Å². The van der Waals surface area contributed by atoms with Crippen molar-refractivity contribution in [2.45, 2.75) is 39.2 Å². The van der Waals surface area contributed by atoms with Gasteiger partial charge in [-0.3, -0.25) is 4.79 Å². The maximum atomic E-state index is 12.0. The summed E-state index contributed by atoms with van der Waals surface area (Å²) in [6, 6.07) is 5.91. The lowest BCUT2D eigenvalue weighted by Gasteiger charge is -2.09. The Morgan fingerprint density at radius 2 is 2.19 bits per heavy atom. The molecule has 1 aliphatic heterocycles. The van der Waals surface area contributed by atoms with Crippen LogP contribution in [-0.4, -0.2) is 18.5 Å². The van der Waals surface area contributed by atoms with Crippen molar-refractivity contribution in [2.75, 3.05) is 6.61 Å². The van der Waals surface area contributed by atoms with Crippen LogP contribution in [0.1, 0.15) is 40.7 Å². The average Bonchev–Trinajstić information content (AvgIpc) is 2.74. The van der Waals surface area contributed by atoms with E-state index in [4.69, 9.17) is 4.74 Å². The van der Waals surface area contributed by atoms with Gasteiger partial charge in [-0.2, -0.15) is 0 Å². The molecule has 0 aliphatic carbocycles. The van der Waals surface area contributed by atoms with Gasteiger partial charge >= 0.3 is 0 Å². The molecule has 2 rings (SSSR count). The Morgan fingerprint density at radius 1 is 1.38 bits per heavy atom. The number of ketones is 1. The third-order valence-corrected chi connectivity index (χ3v) is 3.27. The molecule has 0 bridgehead atoms. The van der Waals surface area contributed by atoms with Crippen LogP contribution in [0.2, 0.25) is 0 Å². The molecule has 0 saturated carbocycles. The van der Waals surface area contributed by atoms with E-state index in [1.807, 2.05) is 25.1 Å². The smallest absolute Gasteiger partial charge is 0.165 e. The van der Waals surface area contributed by atoms with E-state index < -0.39 is 0 Å². The number of ether oxygens (including phenoxy) is 1. The van der Waals surface area contributed by atoms with Crippen molar-refractivity contribution in [1.82, 2.24) is 0 Å². The minimum absolute atomic E-state index is 0.147. The zero-order valence-electron chi connectivity index (χ0n) is 9.95. The van der Waals surface area contributed by atoms with Crippen LogP contribution in [0.15, 0.2) is 18.2 Å². The molecule has 0 N–H and O–H groups in total. The number of Topliss-reactive ketones (excluding diaryl/α,β-unsaturated/α-hetero) is 1. The number of hydrogen-bond donors (Lipinski definition) is 0. The molecule has 2 heteroatoms. The molecular formula is C14H18O2.